The Hall–Kier alpha value is -1.84. The van der Waals surface area contributed by atoms with Gasteiger partial charge in [-0.05, 0) is 12.1 Å². The lowest BCUT2D eigenvalue weighted by molar-refractivity contribution is 0.0964. The Bertz CT molecular complexity index is 488. The summed E-state index contributed by atoms with van der Waals surface area (Å²) >= 11 is 0. The zero-order chi connectivity index (χ0) is 10.1. The van der Waals surface area contributed by atoms with Gasteiger partial charge in [-0.15, -0.1) is 0 Å². The van der Waals surface area contributed by atoms with E-state index >= 15 is 0 Å². The predicted octanol–water partition coefficient (Wildman–Crippen LogP) is 1.50. The fourth-order valence-electron chi connectivity index (χ4n) is 1.38. The Balaban J connectivity index is 2.70. The van der Waals surface area contributed by atoms with Crippen molar-refractivity contribution < 1.29 is 9.21 Å². The molecule has 1 N–H and O–H groups in total. The monoisotopic (exact) mass is 190 g/mol. The van der Waals surface area contributed by atoms with E-state index in [4.69, 9.17) is 4.42 Å². The van der Waals surface area contributed by atoms with E-state index in [1.807, 2.05) is 0 Å². The zero-order valence-corrected chi connectivity index (χ0v) is 8.00. The number of aryl methyl sites for hydroxylation is 1. The van der Waals surface area contributed by atoms with E-state index < -0.39 is 0 Å². The molecule has 4 heteroatoms. The number of nitrogens with one attached hydrogen (secondary N) is 1. The van der Waals surface area contributed by atoms with Gasteiger partial charge in [0.1, 0.15) is 5.52 Å². The summed E-state index contributed by atoms with van der Waals surface area (Å²) in [4.78, 5) is 15.6. The van der Waals surface area contributed by atoms with Gasteiger partial charge in [0.05, 0.1) is 5.56 Å². The van der Waals surface area contributed by atoms with Crippen molar-refractivity contribution in [2.24, 2.45) is 0 Å². The van der Waals surface area contributed by atoms with Crippen LogP contribution in [0.25, 0.3) is 11.1 Å². The minimum Gasteiger partial charge on any atom is -0.441 e. The Morgan fingerprint density at radius 3 is 3.00 bits per heavy atom. The summed E-state index contributed by atoms with van der Waals surface area (Å²) in [6, 6.07) is 5.29. The number of carbonyl (C=O) groups excluding carboxylic acids is 1. The molecule has 1 heterocycles. The van der Waals surface area contributed by atoms with Crippen LogP contribution in [0.5, 0.6) is 0 Å². The average molecular weight is 190 g/mol. The van der Waals surface area contributed by atoms with Crippen LogP contribution in [0.1, 0.15) is 16.2 Å². The van der Waals surface area contributed by atoms with Crippen molar-refractivity contribution in [3.63, 3.8) is 0 Å². The molecule has 0 atom stereocenters. The second-order valence-corrected chi connectivity index (χ2v) is 2.96. The molecule has 0 aliphatic rings. The van der Waals surface area contributed by atoms with Crippen LogP contribution in [0, 0.1) is 6.92 Å². The number of rotatable bonds is 1. The number of nitrogens with zero attached hydrogens (tertiary/aromatic N) is 1. The molecule has 0 radical (unpaired) electrons. The molecule has 1 aromatic carbocycles. The fourth-order valence-corrected chi connectivity index (χ4v) is 1.38. The highest BCUT2D eigenvalue weighted by Gasteiger charge is 2.11. The fraction of sp³-hybridized carbons (Fsp3) is 0.200. The Morgan fingerprint density at radius 1 is 1.50 bits per heavy atom. The third-order valence-electron chi connectivity index (χ3n) is 2.00. The highest BCUT2D eigenvalue weighted by Crippen LogP contribution is 2.18. The molecule has 14 heavy (non-hydrogen) atoms. The average Bonchev–Trinajstić information content (AvgIpc) is 2.56. The van der Waals surface area contributed by atoms with Gasteiger partial charge in [-0.2, -0.15) is 0 Å². The van der Waals surface area contributed by atoms with Crippen molar-refractivity contribution in [2.75, 3.05) is 7.05 Å². The lowest BCUT2D eigenvalue weighted by Crippen LogP contribution is -2.18. The maximum Gasteiger partial charge on any atom is 0.253 e. The van der Waals surface area contributed by atoms with Crippen molar-refractivity contribution >= 4 is 17.0 Å². The van der Waals surface area contributed by atoms with Crippen LogP contribution >= 0.6 is 0 Å². The van der Waals surface area contributed by atoms with Crippen molar-refractivity contribution in [1.29, 1.82) is 0 Å². The predicted molar refractivity (Wildman–Crippen MR) is 52.1 cm³/mol. The molecule has 0 aliphatic carbocycles. The van der Waals surface area contributed by atoms with Crippen molar-refractivity contribution in [3.8, 4) is 0 Å². The van der Waals surface area contributed by atoms with Crippen LogP contribution in [0.2, 0.25) is 0 Å². The minimum atomic E-state index is -0.149. The summed E-state index contributed by atoms with van der Waals surface area (Å²) in [6.45, 7) is 1.76. The van der Waals surface area contributed by atoms with E-state index in [2.05, 4.69) is 10.3 Å². The van der Waals surface area contributed by atoms with Crippen LogP contribution in [0.3, 0.4) is 0 Å². The SMILES string of the molecule is CNC(=O)c1cccc2oc(C)nc12. The lowest BCUT2D eigenvalue weighted by Gasteiger charge is -1.98. The number of hydrogen-bond donors (Lipinski definition) is 1. The summed E-state index contributed by atoms with van der Waals surface area (Å²) in [6.07, 6.45) is 0. The third kappa shape index (κ3) is 1.25. The van der Waals surface area contributed by atoms with Crippen LogP contribution in [0.4, 0.5) is 0 Å². The molecule has 72 valence electrons. The molecule has 0 fully saturated rings. The van der Waals surface area contributed by atoms with Gasteiger partial charge in [0.2, 0.25) is 0 Å². The van der Waals surface area contributed by atoms with Gasteiger partial charge in [-0.25, -0.2) is 4.98 Å². The molecule has 1 aromatic heterocycles. The summed E-state index contributed by atoms with van der Waals surface area (Å²) < 4.78 is 5.31. The molecular formula is C10H10N2O2. The quantitative estimate of drug-likeness (QED) is 0.741. The standard InChI is InChI=1S/C10H10N2O2/c1-6-12-9-7(10(13)11-2)4-3-5-8(9)14-6/h3-5H,1-2H3,(H,11,13). The van der Waals surface area contributed by atoms with Crippen LogP contribution < -0.4 is 5.32 Å². The molecular weight excluding hydrogens is 180 g/mol. The maximum atomic E-state index is 11.4. The maximum absolute atomic E-state index is 11.4. The van der Waals surface area contributed by atoms with Crippen molar-refractivity contribution in [3.05, 3.63) is 29.7 Å². The van der Waals surface area contributed by atoms with Gasteiger partial charge in [-0.1, -0.05) is 6.07 Å². The first-order valence-electron chi connectivity index (χ1n) is 4.30. The third-order valence-corrected chi connectivity index (χ3v) is 2.00. The zero-order valence-electron chi connectivity index (χ0n) is 8.00. The molecule has 0 aliphatic heterocycles. The summed E-state index contributed by atoms with van der Waals surface area (Å²) in [5.74, 6) is 0.417. The molecule has 0 saturated carbocycles. The van der Waals surface area contributed by atoms with Crippen LogP contribution in [-0.2, 0) is 0 Å². The highest BCUT2D eigenvalue weighted by molar-refractivity contribution is 6.04. The van der Waals surface area contributed by atoms with E-state index in [1.165, 1.54) is 0 Å². The van der Waals surface area contributed by atoms with Crippen molar-refractivity contribution in [2.45, 2.75) is 6.92 Å². The number of carbonyl (C=O) groups is 1. The van der Waals surface area contributed by atoms with Crippen molar-refractivity contribution in [1.82, 2.24) is 10.3 Å². The smallest absolute Gasteiger partial charge is 0.253 e. The Kier molecular flexibility index (Phi) is 1.96. The molecule has 0 spiro atoms. The molecule has 2 rings (SSSR count). The van der Waals surface area contributed by atoms with Gasteiger partial charge in [0, 0.05) is 14.0 Å². The lowest BCUT2D eigenvalue weighted by atomic mass is 10.2. The van der Waals surface area contributed by atoms with Crippen LogP contribution in [-0.4, -0.2) is 17.9 Å². The van der Waals surface area contributed by atoms with Gasteiger partial charge in [0.25, 0.3) is 5.91 Å². The molecule has 0 unspecified atom stereocenters. The van der Waals surface area contributed by atoms with E-state index in [1.54, 1.807) is 32.2 Å². The largest absolute Gasteiger partial charge is 0.441 e. The first kappa shape index (κ1) is 8.74. The normalized spacial score (nSPS) is 10.4. The molecule has 0 saturated heterocycles. The second-order valence-electron chi connectivity index (χ2n) is 2.96. The van der Waals surface area contributed by atoms with Gasteiger partial charge >= 0.3 is 0 Å². The summed E-state index contributed by atoms with van der Waals surface area (Å²) in [5.41, 5.74) is 1.80. The topological polar surface area (TPSA) is 55.1 Å². The van der Waals surface area contributed by atoms with E-state index in [0.717, 1.165) is 0 Å². The summed E-state index contributed by atoms with van der Waals surface area (Å²) in [7, 11) is 1.59. The number of para-hydroxylation sites is 1. The number of aromatic nitrogens is 1. The van der Waals surface area contributed by atoms with Gasteiger partial charge < -0.3 is 9.73 Å². The van der Waals surface area contributed by atoms with E-state index in [0.29, 0.717) is 22.6 Å². The number of fused-ring (bicyclic) bond motifs is 1. The van der Waals surface area contributed by atoms with E-state index in [-0.39, 0.29) is 5.91 Å². The van der Waals surface area contributed by atoms with Gasteiger partial charge in [-0.3, -0.25) is 4.79 Å². The second kappa shape index (κ2) is 3.14. The molecule has 4 nitrogen and oxygen atoms in total. The number of oxazole rings is 1. The Morgan fingerprint density at radius 2 is 2.29 bits per heavy atom. The van der Waals surface area contributed by atoms with Crippen LogP contribution in [0.15, 0.2) is 22.6 Å². The minimum absolute atomic E-state index is 0.149. The highest BCUT2D eigenvalue weighted by atomic mass is 16.3. The first-order valence-corrected chi connectivity index (χ1v) is 4.30. The Labute approximate surface area is 80.9 Å². The number of hydrogen-bond acceptors (Lipinski definition) is 3. The van der Waals surface area contributed by atoms with E-state index in [9.17, 15) is 4.79 Å². The number of benzene rings is 1. The molecule has 0 bridgehead atoms. The van der Waals surface area contributed by atoms with Gasteiger partial charge in [0.15, 0.2) is 11.5 Å². The number of amides is 1. The summed E-state index contributed by atoms with van der Waals surface area (Å²) in [5, 5.41) is 2.56. The molecule has 2 aromatic rings. The molecule has 1 amide bonds. The first-order chi connectivity index (χ1) is 6.72.